The van der Waals surface area contributed by atoms with Crippen molar-refractivity contribution in [1.29, 1.82) is 0 Å². The summed E-state index contributed by atoms with van der Waals surface area (Å²) < 4.78 is 2.18. The Labute approximate surface area is 205 Å². The molecule has 35 heavy (non-hydrogen) atoms. The van der Waals surface area contributed by atoms with Crippen molar-refractivity contribution in [3.63, 3.8) is 0 Å². The van der Waals surface area contributed by atoms with Gasteiger partial charge in [0.15, 0.2) is 17.0 Å². The summed E-state index contributed by atoms with van der Waals surface area (Å²) in [5.41, 5.74) is 9.85. The van der Waals surface area contributed by atoms with E-state index in [4.69, 9.17) is 15.7 Å². The van der Waals surface area contributed by atoms with Crippen LogP contribution in [0.1, 0.15) is 31.7 Å². The molecule has 2 aliphatic heterocycles. The van der Waals surface area contributed by atoms with Gasteiger partial charge in [-0.05, 0) is 44.2 Å². The van der Waals surface area contributed by atoms with Crippen molar-refractivity contribution in [2.75, 3.05) is 61.8 Å². The average molecular weight is 478 g/mol. The summed E-state index contributed by atoms with van der Waals surface area (Å²) in [6, 6.07) is 8.95. The number of aromatic nitrogens is 4. The van der Waals surface area contributed by atoms with Gasteiger partial charge >= 0.3 is 0 Å². The Kier molecular flexibility index (Phi) is 5.74. The topological polar surface area (TPSA) is 120 Å². The molecular formula is C25H35N9O. The Morgan fingerprint density at radius 2 is 1.86 bits per heavy atom. The quantitative estimate of drug-likeness (QED) is 0.387. The Bertz CT molecular complexity index is 1170. The third-order valence-corrected chi connectivity index (χ3v) is 7.67. The van der Waals surface area contributed by atoms with Crippen LogP contribution >= 0.6 is 0 Å². The second-order valence-corrected chi connectivity index (χ2v) is 10.6. The maximum absolute atomic E-state index is 9.90. The largest absolute Gasteiger partial charge is 0.390 e. The van der Waals surface area contributed by atoms with Crippen LogP contribution in [-0.4, -0.2) is 81.9 Å². The lowest BCUT2D eigenvalue weighted by molar-refractivity contribution is -0.00238. The molecule has 10 heteroatoms. The van der Waals surface area contributed by atoms with E-state index in [-0.39, 0.29) is 6.54 Å². The number of aliphatic hydroxyl groups excluding tert-OH is 1. The highest BCUT2D eigenvalue weighted by molar-refractivity contribution is 5.86. The standard InChI is InChI=1S/C25H35N9O/c1-32-12-25(13-32)14-33(15-25)18-8-6-17(7-9-18)29-22-21-23(31-24(30-22)27-11-20(35)10-26)34(16-28-21)19-4-2-3-5-19/h6-9,16,19-20,35H,2-5,10-15,26H2,1H3,(H2,27,29,30,31). The van der Waals surface area contributed by atoms with Crippen molar-refractivity contribution in [1.82, 2.24) is 24.4 Å². The summed E-state index contributed by atoms with van der Waals surface area (Å²) >= 11 is 0. The maximum atomic E-state index is 9.90. The number of imidazole rings is 1. The molecule has 1 aliphatic carbocycles. The predicted octanol–water partition coefficient (Wildman–Crippen LogP) is 2.17. The zero-order chi connectivity index (χ0) is 24.0. The summed E-state index contributed by atoms with van der Waals surface area (Å²) in [6.45, 7) is 5.16. The van der Waals surface area contributed by atoms with Gasteiger partial charge < -0.3 is 35.8 Å². The molecule has 1 spiro atoms. The van der Waals surface area contributed by atoms with Crippen LogP contribution in [0.5, 0.6) is 0 Å². The predicted molar refractivity (Wildman–Crippen MR) is 138 cm³/mol. The van der Waals surface area contributed by atoms with Crippen LogP contribution in [0.3, 0.4) is 0 Å². The van der Waals surface area contributed by atoms with Crippen molar-refractivity contribution < 1.29 is 5.11 Å². The molecule has 6 rings (SSSR count). The van der Waals surface area contributed by atoms with E-state index in [0.717, 1.165) is 42.8 Å². The summed E-state index contributed by atoms with van der Waals surface area (Å²) in [7, 11) is 2.19. The molecule has 2 aromatic heterocycles. The first kappa shape index (κ1) is 22.5. The minimum atomic E-state index is -0.654. The van der Waals surface area contributed by atoms with Gasteiger partial charge in [0, 0.05) is 62.1 Å². The number of likely N-dealkylation sites (tertiary alicyclic amines) is 1. The Morgan fingerprint density at radius 1 is 1.11 bits per heavy atom. The van der Waals surface area contributed by atoms with E-state index >= 15 is 0 Å². The lowest BCUT2D eigenvalue weighted by atomic mass is 9.73. The molecule has 1 unspecified atom stereocenters. The fourth-order valence-electron chi connectivity index (χ4n) is 5.96. The number of aliphatic hydroxyl groups is 1. The third-order valence-electron chi connectivity index (χ3n) is 7.67. The number of benzene rings is 1. The molecule has 1 aromatic carbocycles. The summed E-state index contributed by atoms with van der Waals surface area (Å²) in [4.78, 5) is 19.0. The molecule has 1 atom stereocenters. The van der Waals surface area contributed by atoms with Gasteiger partial charge in [-0.3, -0.25) is 0 Å². The zero-order valence-electron chi connectivity index (χ0n) is 20.3. The minimum Gasteiger partial charge on any atom is -0.390 e. The van der Waals surface area contributed by atoms with Crippen LogP contribution in [0.4, 0.5) is 23.1 Å². The van der Waals surface area contributed by atoms with Gasteiger partial charge in [-0.15, -0.1) is 0 Å². The van der Waals surface area contributed by atoms with Gasteiger partial charge in [0.1, 0.15) is 0 Å². The number of nitrogens with one attached hydrogen (secondary N) is 2. The van der Waals surface area contributed by atoms with Crippen molar-refractivity contribution in [3.05, 3.63) is 30.6 Å². The number of nitrogens with zero attached hydrogens (tertiary/aromatic N) is 6. The average Bonchev–Trinajstić information content (AvgIpc) is 3.49. The Morgan fingerprint density at radius 3 is 2.54 bits per heavy atom. The first-order valence-corrected chi connectivity index (χ1v) is 12.7. The smallest absolute Gasteiger partial charge is 0.226 e. The SMILES string of the molecule is CN1CC2(C1)CN(c1ccc(Nc3nc(NCC(O)CN)nc4c3ncn4C3CCCC3)cc1)C2. The van der Waals surface area contributed by atoms with Gasteiger partial charge in [0.25, 0.3) is 0 Å². The van der Waals surface area contributed by atoms with Crippen LogP contribution < -0.4 is 21.3 Å². The van der Waals surface area contributed by atoms with E-state index in [1.807, 2.05) is 6.33 Å². The number of fused-ring (bicyclic) bond motifs is 1. The molecule has 4 heterocycles. The van der Waals surface area contributed by atoms with Crippen LogP contribution in [0.15, 0.2) is 30.6 Å². The monoisotopic (exact) mass is 477 g/mol. The fourth-order valence-corrected chi connectivity index (χ4v) is 5.96. The summed E-state index contributed by atoms with van der Waals surface area (Å²) in [6.07, 6.45) is 5.98. The molecule has 10 nitrogen and oxygen atoms in total. The second kappa shape index (κ2) is 8.92. The molecule has 3 aliphatic rings. The molecule has 2 saturated heterocycles. The minimum absolute atomic E-state index is 0.182. The van der Waals surface area contributed by atoms with E-state index in [0.29, 0.717) is 29.8 Å². The first-order chi connectivity index (χ1) is 17.0. The fraction of sp³-hybridized carbons (Fsp3) is 0.560. The van der Waals surface area contributed by atoms with Crippen molar-refractivity contribution in [2.24, 2.45) is 11.1 Å². The van der Waals surface area contributed by atoms with Gasteiger partial charge in [-0.1, -0.05) is 12.8 Å². The van der Waals surface area contributed by atoms with Gasteiger partial charge in [0.05, 0.1) is 12.4 Å². The van der Waals surface area contributed by atoms with E-state index in [1.165, 1.54) is 31.6 Å². The number of nitrogens with two attached hydrogens (primary N) is 1. The lowest BCUT2D eigenvalue weighted by Gasteiger charge is -2.60. The van der Waals surface area contributed by atoms with Crippen molar-refractivity contribution in [3.8, 4) is 0 Å². The molecule has 0 radical (unpaired) electrons. The maximum Gasteiger partial charge on any atom is 0.226 e. The van der Waals surface area contributed by atoms with Crippen LogP contribution in [0.25, 0.3) is 11.2 Å². The molecule has 3 aromatic rings. The Hall–Kier alpha value is -2.95. The normalized spacial score (nSPS) is 20.7. The van der Waals surface area contributed by atoms with E-state index in [9.17, 15) is 5.11 Å². The molecule has 5 N–H and O–H groups in total. The number of hydrogen-bond donors (Lipinski definition) is 4. The van der Waals surface area contributed by atoms with Gasteiger partial charge in [-0.2, -0.15) is 9.97 Å². The number of rotatable bonds is 8. The van der Waals surface area contributed by atoms with Crippen molar-refractivity contribution in [2.45, 2.75) is 37.8 Å². The molecule has 3 fully saturated rings. The third kappa shape index (κ3) is 4.30. The second-order valence-electron chi connectivity index (χ2n) is 10.6. The van der Waals surface area contributed by atoms with Gasteiger partial charge in [-0.25, -0.2) is 4.98 Å². The molecular weight excluding hydrogens is 442 g/mol. The van der Waals surface area contributed by atoms with E-state index in [1.54, 1.807) is 0 Å². The van der Waals surface area contributed by atoms with Gasteiger partial charge in [0.2, 0.25) is 5.95 Å². The van der Waals surface area contributed by atoms with Crippen LogP contribution in [-0.2, 0) is 0 Å². The highest BCUT2D eigenvalue weighted by Crippen LogP contribution is 2.41. The number of hydrogen-bond acceptors (Lipinski definition) is 9. The highest BCUT2D eigenvalue weighted by Gasteiger charge is 2.50. The summed E-state index contributed by atoms with van der Waals surface area (Å²) in [5, 5.41) is 16.5. The Balaban J connectivity index is 1.23. The van der Waals surface area contributed by atoms with E-state index in [2.05, 4.69) is 61.3 Å². The zero-order valence-corrected chi connectivity index (χ0v) is 20.3. The van der Waals surface area contributed by atoms with Crippen LogP contribution in [0.2, 0.25) is 0 Å². The summed E-state index contributed by atoms with van der Waals surface area (Å²) in [5.74, 6) is 1.12. The van der Waals surface area contributed by atoms with E-state index < -0.39 is 6.10 Å². The first-order valence-electron chi connectivity index (χ1n) is 12.7. The van der Waals surface area contributed by atoms with Crippen molar-refractivity contribution >= 4 is 34.3 Å². The molecule has 0 bridgehead atoms. The highest BCUT2D eigenvalue weighted by atomic mass is 16.3. The lowest BCUT2D eigenvalue weighted by Crippen LogP contribution is -2.71. The number of anilines is 4. The van der Waals surface area contributed by atoms with Crippen LogP contribution in [0, 0.1) is 5.41 Å². The molecule has 186 valence electrons. The molecule has 0 amide bonds. The molecule has 1 saturated carbocycles.